The predicted molar refractivity (Wildman–Crippen MR) is 88.3 cm³/mol. The average molecular weight is 328 g/mol. The molecule has 0 aliphatic heterocycles. The van der Waals surface area contributed by atoms with Gasteiger partial charge < -0.3 is 10.6 Å². The van der Waals surface area contributed by atoms with E-state index < -0.39 is 0 Å². The molecule has 7 nitrogen and oxygen atoms in total. The summed E-state index contributed by atoms with van der Waals surface area (Å²) < 4.78 is 1.72. The lowest BCUT2D eigenvalue weighted by molar-refractivity contribution is -0.119. The zero-order valence-electron chi connectivity index (χ0n) is 12.4. The van der Waals surface area contributed by atoms with E-state index in [9.17, 15) is 4.79 Å². The molecule has 4 rings (SSSR count). The molecule has 118 valence electrons. The van der Waals surface area contributed by atoms with Gasteiger partial charge >= 0.3 is 0 Å². The van der Waals surface area contributed by atoms with E-state index in [1.54, 1.807) is 16.9 Å². The van der Waals surface area contributed by atoms with E-state index in [4.69, 9.17) is 0 Å². The summed E-state index contributed by atoms with van der Waals surface area (Å²) in [7, 11) is 0. The van der Waals surface area contributed by atoms with Crippen molar-refractivity contribution in [3.8, 4) is 11.3 Å². The molecule has 3 heterocycles. The summed E-state index contributed by atoms with van der Waals surface area (Å²) in [6.45, 7) is 1.02. The molecule has 1 aliphatic carbocycles. The fourth-order valence-electron chi connectivity index (χ4n) is 2.22. The average Bonchev–Trinajstić information content (AvgIpc) is 3.20. The fourth-order valence-corrected chi connectivity index (χ4v) is 3.00. The molecule has 2 N–H and O–H groups in total. The monoisotopic (exact) mass is 328 g/mol. The Morgan fingerprint density at radius 2 is 2.35 bits per heavy atom. The quantitative estimate of drug-likeness (QED) is 0.721. The minimum Gasteiger partial charge on any atom is -0.354 e. The number of imidazole rings is 1. The Kier molecular flexibility index (Phi) is 3.66. The van der Waals surface area contributed by atoms with Gasteiger partial charge in [0.15, 0.2) is 0 Å². The van der Waals surface area contributed by atoms with Crippen molar-refractivity contribution in [3.05, 3.63) is 30.7 Å². The number of hydrogen-bond donors (Lipinski definition) is 2. The Labute approximate surface area is 136 Å². The van der Waals surface area contributed by atoms with Crippen LogP contribution in [0.3, 0.4) is 0 Å². The summed E-state index contributed by atoms with van der Waals surface area (Å²) in [4.78, 5) is 21.1. The van der Waals surface area contributed by atoms with Crippen LogP contribution in [0.25, 0.3) is 16.2 Å². The van der Waals surface area contributed by atoms with Crippen molar-refractivity contribution in [1.82, 2.24) is 24.9 Å². The van der Waals surface area contributed by atoms with Gasteiger partial charge in [0.1, 0.15) is 0 Å². The molecular weight excluding hydrogens is 312 g/mol. The van der Waals surface area contributed by atoms with Crippen LogP contribution in [0.1, 0.15) is 12.8 Å². The van der Waals surface area contributed by atoms with E-state index in [2.05, 4.69) is 25.7 Å². The SMILES string of the molecule is O=C(CNc1nn2cc(-c3cccnc3)nc2s1)NCC1CC1. The van der Waals surface area contributed by atoms with Crippen LogP contribution < -0.4 is 10.6 Å². The van der Waals surface area contributed by atoms with E-state index in [1.807, 2.05) is 18.3 Å². The van der Waals surface area contributed by atoms with Crippen molar-refractivity contribution in [3.63, 3.8) is 0 Å². The van der Waals surface area contributed by atoms with Gasteiger partial charge in [-0.15, -0.1) is 5.10 Å². The molecule has 1 saturated carbocycles. The van der Waals surface area contributed by atoms with Crippen LogP contribution in [0.15, 0.2) is 30.7 Å². The number of fused-ring (bicyclic) bond motifs is 1. The number of aromatic nitrogens is 4. The maximum absolute atomic E-state index is 11.7. The summed E-state index contributed by atoms with van der Waals surface area (Å²) in [6, 6.07) is 3.84. The first-order valence-electron chi connectivity index (χ1n) is 7.55. The molecule has 0 unspecified atom stereocenters. The van der Waals surface area contributed by atoms with Crippen molar-refractivity contribution < 1.29 is 4.79 Å². The molecule has 8 heteroatoms. The molecule has 23 heavy (non-hydrogen) atoms. The third-order valence-electron chi connectivity index (χ3n) is 3.69. The molecule has 0 saturated heterocycles. The van der Waals surface area contributed by atoms with E-state index in [0.29, 0.717) is 11.0 Å². The maximum Gasteiger partial charge on any atom is 0.239 e. The summed E-state index contributed by atoms with van der Waals surface area (Å²) in [5, 5.41) is 11.1. The number of nitrogens with zero attached hydrogens (tertiary/aromatic N) is 4. The number of pyridine rings is 1. The minimum absolute atomic E-state index is 0.000731. The number of rotatable bonds is 6. The summed E-state index contributed by atoms with van der Waals surface area (Å²) in [5.41, 5.74) is 1.80. The first kappa shape index (κ1) is 14.1. The molecule has 1 aliphatic rings. The van der Waals surface area contributed by atoms with Gasteiger partial charge in [-0.2, -0.15) is 0 Å². The van der Waals surface area contributed by atoms with Gasteiger partial charge in [0.2, 0.25) is 16.0 Å². The number of carbonyl (C=O) groups excluding carboxylic acids is 1. The lowest BCUT2D eigenvalue weighted by atomic mass is 10.2. The molecule has 0 atom stereocenters. The van der Waals surface area contributed by atoms with Gasteiger partial charge in [0.25, 0.3) is 0 Å². The molecule has 3 aromatic rings. The lowest BCUT2D eigenvalue weighted by Gasteiger charge is -2.03. The molecule has 0 aromatic carbocycles. The molecule has 3 aromatic heterocycles. The standard InChI is InChI=1S/C15H16N6OS/c22-13(17-6-10-3-4-10)8-18-14-20-21-9-12(19-15(21)23-14)11-2-1-5-16-7-11/h1-2,5,7,9-10H,3-4,6,8H2,(H,17,22)(H,18,20). The number of anilines is 1. The Morgan fingerprint density at radius 3 is 3.09 bits per heavy atom. The molecule has 1 fully saturated rings. The van der Waals surface area contributed by atoms with Crippen molar-refractivity contribution in [2.75, 3.05) is 18.4 Å². The highest BCUT2D eigenvalue weighted by atomic mass is 32.1. The summed E-state index contributed by atoms with van der Waals surface area (Å²) in [5.74, 6) is 0.689. The smallest absolute Gasteiger partial charge is 0.239 e. The van der Waals surface area contributed by atoms with Gasteiger partial charge in [-0.1, -0.05) is 11.3 Å². The Hall–Kier alpha value is -2.48. The van der Waals surface area contributed by atoms with Crippen LogP contribution in [0.2, 0.25) is 0 Å². The first-order valence-corrected chi connectivity index (χ1v) is 8.37. The van der Waals surface area contributed by atoms with E-state index in [-0.39, 0.29) is 12.5 Å². The van der Waals surface area contributed by atoms with Gasteiger partial charge in [0.05, 0.1) is 18.4 Å². The van der Waals surface area contributed by atoms with E-state index in [0.717, 1.165) is 22.8 Å². The highest BCUT2D eigenvalue weighted by Crippen LogP contribution is 2.27. The zero-order valence-corrected chi connectivity index (χ0v) is 13.2. The molecule has 0 spiro atoms. The van der Waals surface area contributed by atoms with Crippen LogP contribution in [-0.4, -0.2) is 38.6 Å². The van der Waals surface area contributed by atoms with Crippen LogP contribution in [0, 0.1) is 5.92 Å². The largest absolute Gasteiger partial charge is 0.354 e. The number of nitrogens with one attached hydrogen (secondary N) is 2. The van der Waals surface area contributed by atoms with Crippen LogP contribution >= 0.6 is 11.3 Å². The maximum atomic E-state index is 11.7. The van der Waals surface area contributed by atoms with Gasteiger partial charge in [-0.05, 0) is 30.9 Å². The normalized spacial score (nSPS) is 14.1. The predicted octanol–water partition coefficient (Wildman–Crippen LogP) is 1.79. The fraction of sp³-hybridized carbons (Fsp3) is 0.333. The van der Waals surface area contributed by atoms with Gasteiger partial charge in [-0.3, -0.25) is 9.78 Å². The Morgan fingerprint density at radius 1 is 1.43 bits per heavy atom. The zero-order chi connectivity index (χ0) is 15.6. The van der Waals surface area contributed by atoms with Crippen molar-refractivity contribution in [2.45, 2.75) is 12.8 Å². The Bertz CT molecular complexity index is 791. The third kappa shape index (κ3) is 3.31. The van der Waals surface area contributed by atoms with E-state index >= 15 is 0 Å². The second kappa shape index (κ2) is 5.96. The number of hydrogen-bond acceptors (Lipinski definition) is 6. The molecule has 0 radical (unpaired) electrons. The highest BCUT2D eigenvalue weighted by Gasteiger charge is 2.21. The molecule has 0 bridgehead atoms. The van der Waals surface area contributed by atoms with Crippen LogP contribution in [0.5, 0.6) is 0 Å². The number of amides is 1. The van der Waals surface area contributed by atoms with Crippen molar-refractivity contribution >= 4 is 27.3 Å². The van der Waals surface area contributed by atoms with Crippen LogP contribution in [-0.2, 0) is 4.79 Å². The number of carbonyl (C=O) groups is 1. The Balaban J connectivity index is 1.39. The second-order valence-electron chi connectivity index (χ2n) is 5.60. The first-order chi connectivity index (χ1) is 11.3. The van der Waals surface area contributed by atoms with Gasteiger partial charge in [-0.25, -0.2) is 9.50 Å². The van der Waals surface area contributed by atoms with Crippen molar-refractivity contribution in [2.24, 2.45) is 5.92 Å². The van der Waals surface area contributed by atoms with Crippen LogP contribution in [0.4, 0.5) is 5.13 Å². The molecular formula is C15H16N6OS. The second-order valence-corrected chi connectivity index (χ2v) is 6.56. The molecule has 1 amide bonds. The van der Waals surface area contributed by atoms with Crippen molar-refractivity contribution in [1.29, 1.82) is 0 Å². The topological polar surface area (TPSA) is 84.2 Å². The van der Waals surface area contributed by atoms with Gasteiger partial charge in [0, 0.05) is 24.5 Å². The van der Waals surface area contributed by atoms with E-state index in [1.165, 1.54) is 24.2 Å². The summed E-state index contributed by atoms with van der Waals surface area (Å²) >= 11 is 1.42. The lowest BCUT2D eigenvalue weighted by Crippen LogP contribution is -2.31. The minimum atomic E-state index is 0.000731. The summed E-state index contributed by atoms with van der Waals surface area (Å²) in [6.07, 6.45) is 7.83. The third-order valence-corrected chi connectivity index (χ3v) is 4.57. The highest BCUT2D eigenvalue weighted by molar-refractivity contribution is 7.20.